The predicted molar refractivity (Wildman–Crippen MR) is 106 cm³/mol. The second-order valence-corrected chi connectivity index (χ2v) is 7.44. The molecule has 2 aliphatic heterocycles. The van der Waals surface area contributed by atoms with E-state index in [1.54, 1.807) is 12.1 Å². The van der Waals surface area contributed by atoms with Gasteiger partial charge in [-0.05, 0) is 80.6 Å². The van der Waals surface area contributed by atoms with E-state index >= 15 is 0 Å². The molecule has 140 valence electrons. The maximum atomic E-state index is 12.6. The molecule has 0 radical (unpaired) electrons. The van der Waals surface area contributed by atoms with Crippen molar-refractivity contribution in [1.29, 1.82) is 0 Å². The van der Waals surface area contributed by atoms with Crippen LogP contribution in [0.4, 0.5) is 11.4 Å². The number of ether oxygens (including phenoxy) is 1. The fourth-order valence-electron chi connectivity index (χ4n) is 3.89. The van der Waals surface area contributed by atoms with E-state index in [9.17, 15) is 9.59 Å². The summed E-state index contributed by atoms with van der Waals surface area (Å²) in [5, 5.41) is 3.01. The smallest absolute Gasteiger partial charge is 0.255 e. The zero-order chi connectivity index (χ0) is 19.0. The summed E-state index contributed by atoms with van der Waals surface area (Å²) in [7, 11) is 0. The molecule has 0 fully saturated rings. The van der Waals surface area contributed by atoms with Gasteiger partial charge in [-0.25, -0.2) is 0 Å². The summed E-state index contributed by atoms with van der Waals surface area (Å²) in [6, 6.07) is 11.2. The average Bonchev–Trinajstić information content (AvgIpc) is 2.64. The Labute approximate surface area is 159 Å². The summed E-state index contributed by atoms with van der Waals surface area (Å²) < 4.78 is 5.62. The number of amides is 2. The first kappa shape index (κ1) is 17.6. The zero-order valence-electron chi connectivity index (χ0n) is 15.7. The van der Waals surface area contributed by atoms with Crippen LogP contribution >= 0.6 is 0 Å². The maximum Gasteiger partial charge on any atom is 0.255 e. The number of nitrogens with zero attached hydrogens (tertiary/aromatic N) is 1. The van der Waals surface area contributed by atoms with Gasteiger partial charge in [-0.15, -0.1) is 0 Å². The molecule has 2 heterocycles. The van der Waals surface area contributed by atoms with Crippen LogP contribution in [-0.2, 0) is 17.6 Å². The average molecular weight is 364 g/mol. The van der Waals surface area contributed by atoms with Gasteiger partial charge < -0.3 is 15.0 Å². The van der Waals surface area contributed by atoms with E-state index in [1.807, 2.05) is 43.0 Å². The van der Waals surface area contributed by atoms with Crippen LogP contribution in [0.3, 0.4) is 0 Å². The van der Waals surface area contributed by atoms with Gasteiger partial charge >= 0.3 is 0 Å². The Morgan fingerprint density at radius 1 is 1.07 bits per heavy atom. The van der Waals surface area contributed by atoms with E-state index in [2.05, 4.69) is 5.32 Å². The minimum atomic E-state index is -0.141. The van der Waals surface area contributed by atoms with E-state index in [1.165, 1.54) is 0 Å². The van der Waals surface area contributed by atoms with E-state index in [0.29, 0.717) is 12.0 Å². The SMILES string of the molecule is CC(C)Oc1ccc(C(=O)Nc2cc3c4c(c2)CCC(=O)N4CCC3)cc1. The summed E-state index contributed by atoms with van der Waals surface area (Å²) in [5.41, 5.74) is 4.78. The minimum absolute atomic E-state index is 0.101. The molecule has 4 rings (SSSR count). The van der Waals surface area contributed by atoms with Gasteiger partial charge in [0.15, 0.2) is 0 Å². The number of carbonyl (C=O) groups is 2. The molecule has 2 amide bonds. The molecule has 0 saturated heterocycles. The van der Waals surface area contributed by atoms with Crippen LogP contribution in [0.5, 0.6) is 5.75 Å². The maximum absolute atomic E-state index is 12.6. The third-order valence-corrected chi connectivity index (χ3v) is 5.02. The van der Waals surface area contributed by atoms with Gasteiger partial charge in [0.1, 0.15) is 5.75 Å². The molecule has 0 aliphatic carbocycles. The quantitative estimate of drug-likeness (QED) is 0.894. The Bertz CT molecular complexity index is 870. The lowest BCUT2D eigenvalue weighted by molar-refractivity contribution is -0.119. The molecular weight excluding hydrogens is 340 g/mol. The van der Waals surface area contributed by atoms with Gasteiger partial charge in [0.25, 0.3) is 5.91 Å². The molecular formula is C22H24N2O3. The van der Waals surface area contributed by atoms with Crippen molar-refractivity contribution < 1.29 is 14.3 Å². The Morgan fingerprint density at radius 3 is 2.48 bits per heavy atom. The van der Waals surface area contributed by atoms with Crippen LogP contribution in [0.2, 0.25) is 0 Å². The van der Waals surface area contributed by atoms with Crippen molar-refractivity contribution >= 4 is 23.2 Å². The molecule has 0 atom stereocenters. The Kier molecular flexibility index (Phi) is 4.60. The number of benzene rings is 2. The first-order valence-electron chi connectivity index (χ1n) is 9.55. The third kappa shape index (κ3) is 3.54. The molecule has 2 aliphatic rings. The second kappa shape index (κ2) is 7.06. The van der Waals surface area contributed by atoms with E-state index in [0.717, 1.165) is 54.1 Å². The van der Waals surface area contributed by atoms with Crippen molar-refractivity contribution in [2.24, 2.45) is 0 Å². The van der Waals surface area contributed by atoms with Gasteiger partial charge in [-0.1, -0.05) is 0 Å². The number of aryl methyl sites for hydroxylation is 2. The molecule has 1 N–H and O–H groups in total. The van der Waals surface area contributed by atoms with E-state index in [-0.39, 0.29) is 17.9 Å². The largest absolute Gasteiger partial charge is 0.491 e. The molecule has 0 bridgehead atoms. The fourth-order valence-corrected chi connectivity index (χ4v) is 3.89. The lowest BCUT2D eigenvalue weighted by Crippen LogP contribution is -2.39. The second-order valence-electron chi connectivity index (χ2n) is 7.44. The van der Waals surface area contributed by atoms with Gasteiger partial charge in [-0.3, -0.25) is 9.59 Å². The Balaban J connectivity index is 1.55. The summed E-state index contributed by atoms with van der Waals surface area (Å²) in [6.07, 6.45) is 3.29. The highest BCUT2D eigenvalue weighted by atomic mass is 16.5. The topological polar surface area (TPSA) is 58.6 Å². The van der Waals surface area contributed by atoms with Crippen molar-refractivity contribution in [3.63, 3.8) is 0 Å². The molecule has 2 aromatic carbocycles. The van der Waals surface area contributed by atoms with Crippen LogP contribution in [0.25, 0.3) is 0 Å². The normalized spacial score (nSPS) is 15.5. The van der Waals surface area contributed by atoms with Crippen LogP contribution in [0.15, 0.2) is 36.4 Å². The fraction of sp³-hybridized carbons (Fsp3) is 0.364. The molecule has 2 aromatic rings. The van der Waals surface area contributed by atoms with Gasteiger partial charge in [0, 0.05) is 24.2 Å². The standard InChI is InChI=1S/C22H24N2O3/c1-14(2)27-19-8-5-15(6-9-19)22(26)23-18-12-16-4-3-11-24-20(25)10-7-17(13-18)21(16)24/h5-6,8-9,12-14H,3-4,7,10-11H2,1-2H3,(H,23,26). The Hall–Kier alpha value is -2.82. The van der Waals surface area contributed by atoms with Crippen molar-refractivity contribution in [3.8, 4) is 5.75 Å². The van der Waals surface area contributed by atoms with Crippen molar-refractivity contribution in [3.05, 3.63) is 53.1 Å². The van der Waals surface area contributed by atoms with E-state index < -0.39 is 0 Å². The summed E-state index contributed by atoms with van der Waals surface area (Å²) >= 11 is 0. The van der Waals surface area contributed by atoms with Gasteiger partial charge in [0.05, 0.1) is 11.8 Å². The molecule has 5 nitrogen and oxygen atoms in total. The molecule has 5 heteroatoms. The van der Waals surface area contributed by atoms with Gasteiger partial charge in [0.2, 0.25) is 5.91 Å². The number of anilines is 2. The van der Waals surface area contributed by atoms with Crippen LogP contribution in [0, 0.1) is 0 Å². The zero-order valence-corrected chi connectivity index (χ0v) is 15.7. The molecule has 0 saturated carbocycles. The molecule has 0 aromatic heterocycles. The molecule has 0 unspecified atom stereocenters. The number of hydrogen-bond acceptors (Lipinski definition) is 3. The van der Waals surface area contributed by atoms with Gasteiger partial charge in [-0.2, -0.15) is 0 Å². The number of hydrogen-bond donors (Lipinski definition) is 1. The number of carbonyl (C=O) groups excluding carboxylic acids is 2. The van der Waals surface area contributed by atoms with Crippen LogP contribution in [0.1, 0.15) is 48.2 Å². The van der Waals surface area contributed by atoms with Crippen LogP contribution in [-0.4, -0.2) is 24.5 Å². The molecule has 27 heavy (non-hydrogen) atoms. The summed E-state index contributed by atoms with van der Waals surface area (Å²) in [4.78, 5) is 26.7. The van der Waals surface area contributed by atoms with E-state index in [4.69, 9.17) is 4.74 Å². The van der Waals surface area contributed by atoms with Crippen molar-refractivity contribution in [1.82, 2.24) is 0 Å². The first-order chi connectivity index (χ1) is 13.0. The highest BCUT2D eigenvalue weighted by molar-refractivity contribution is 6.05. The van der Waals surface area contributed by atoms with Crippen molar-refractivity contribution in [2.75, 3.05) is 16.8 Å². The Morgan fingerprint density at radius 2 is 1.78 bits per heavy atom. The lowest BCUT2D eigenvalue weighted by Gasteiger charge is -2.35. The predicted octanol–water partition coefficient (Wildman–Crippen LogP) is 3.95. The van der Waals surface area contributed by atoms with Crippen LogP contribution < -0.4 is 15.0 Å². The molecule has 0 spiro atoms. The lowest BCUT2D eigenvalue weighted by atomic mass is 9.91. The first-order valence-corrected chi connectivity index (χ1v) is 9.55. The summed E-state index contributed by atoms with van der Waals surface area (Å²) in [6.45, 7) is 4.74. The number of rotatable bonds is 4. The highest BCUT2D eigenvalue weighted by Gasteiger charge is 2.29. The minimum Gasteiger partial charge on any atom is -0.491 e. The highest BCUT2D eigenvalue weighted by Crippen LogP contribution is 2.38. The number of nitrogens with one attached hydrogen (secondary N) is 1. The van der Waals surface area contributed by atoms with Crippen molar-refractivity contribution in [2.45, 2.75) is 45.6 Å². The summed E-state index contributed by atoms with van der Waals surface area (Å²) in [5.74, 6) is 0.825. The monoisotopic (exact) mass is 364 g/mol. The third-order valence-electron chi connectivity index (χ3n) is 5.02.